The van der Waals surface area contributed by atoms with Gasteiger partial charge < -0.3 is 13.9 Å². The first-order chi connectivity index (χ1) is 15.6. The lowest BCUT2D eigenvalue weighted by molar-refractivity contribution is -0.143. The Morgan fingerprint density at radius 1 is 1.28 bits per heavy atom. The van der Waals surface area contributed by atoms with E-state index in [4.69, 9.17) is 13.9 Å². The highest BCUT2D eigenvalue weighted by molar-refractivity contribution is 5.71. The molecule has 0 spiro atoms. The van der Waals surface area contributed by atoms with E-state index in [9.17, 15) is 4.79 Å². The van der Waals surface area contributed by atoms with Gasteiger partial charge in [0.05, 0.1) is 25.3 Å². The molecule has 0 amide bonds. The van der Waals surface area contributed by atoms with Crippen LogP contribution in [0.15, 0.2) is 53.5 Å². The lowest BCUT2D eigenvalue weighted by atomic mass is 9.98. The molecule has 0 saturated carbocycles. The minimum absolute atomic E-state index is 0.121. The van der Waals surface area contributed by atoms with E-state index in [1.807, 2.05) is 50.3 Å². The Kier molecular flexibility index (Phi) is 6.74. The van der Waals surface area contributed by atoms with Crippen molar-refractivity contribution in [3.63, 3.8) is 0 Å². The maximum atomic E-state index is 11.8. The third-order valence-corrected chi connectivity index (χ3v) is 5.90. The van der Waals surface area contributed by atoms with Crippen LogP contribution in [0.5, 0.6) is 5.75 Å². The molecule has 32 heavy (non-hydrogen) atoms. The Morgan fingerprint density at radius 3 is 2.97 bits per heavy atom. The van der Waals surface area contributed by atoms with E-state index in [0.717, 1.165) is 41.2 Å². The number of carbonyl (C=O) groups is 1. The van der Waals surface area contributed by atoms with Gasteiger partial charge in [-0.1, -0.05) is 30.9 Å². The van der Waals surface area contributed by atoms with Crippen molar-refractivity contribution >= 4 is 12.0 Å². The number of aryl methyl sites for hydroxylation is 2. The van der Waals surface area contributed by atoms with Gasteiger partial charge >= 0.3 is 5.97 Å². The summed E-state index contributed by atoms with van der Waals surface area (Å²) in [5.74, 6) is 2.40. The quantitative estimate of drug-likeness (QED) is 0.395. The van der Waals surface area contributed by atoms with Crippen molar-refractivity contribution < 1.29 is 18.7 Å². The van der Waals surface area contributed by atoms with Crippen LogP contribution in [0.1, 0.15) is 53.8 Å². The Balaban J connectivity index is 1.36. The van der Waals surface area contributed by atoms with Crippen molar-refractivity contribution in [2.45, 2.75) is 45.4 Å². The number of rotatable bonds is 9. The average Bonchev–Trinajstić information content (AvgIpc) is 3.37. The number of esters is 1. The van der Waals surface area contributed by atoms with Gasteiger partial charge in [0.25, 0.3) is 0 Å². The number of nitrogens with zero attached hydrogens (tertiary/aromatic N) is 1. The fraction of sp³-hybridized carbons (Fsp3) is 0.333. The first-order valence-corrected chi connectivity index (χ1v) is 11.2. The molecule has 0 fully saturated rings. The van der Waals surface area contributed by atoms with E-state index < -0.39 is 0 Å². The molecule has 3 aromatic rings. The topological polar surface area (TPSA) is 61.6 Å². The molecule has 1 heterocycles. The second-order valence-electron chi connectivity index (χ2n) is 8.06. The van der Waals surface area contributed by atoms with Crippen molar-refractivity contribution in [3.8, 4) is 17.2 Å². The Morgan fingerprint density at radius 2 is 2.16 bits per heavy atom. The largest absolute Gasteiger partial charge is 0.493 e. The second-order valence-corrected chi connectivity index (χ2v) is 8.06. The van der Waals surface area contributed by atoms with Crippen LogP contribution in [-0.4, -0.2) is 24.2 Å². The van der Waals surface area contributed by atoms with Crippen molar-refractivity contribution in [2.24, 2.45) is 0 Å². The van der Waals surface area contributed by atoms with Gasteiger partial charge in [0.15, 0.2) is 0 Å². The predicted octanol–water partition coefficient (Wildman–Crippen LogP) is 5.90. The van der Waals surface area contributed by atoms with Gasteiger partial charge in [0, 0.05) is 12.0 Å². The molecule has 0 aliphatic heterocycles. The summed E-state index contributed by atoms with van der Waals surface area (Å²) in [5.41, 5.74) is 5.38. The average molecular weight is 432 g/mol. The number of benzene rings is 2. The molecule has 0 saturated heterocycles. The summed E-state index contributed by atoms with van der Waals surface area (Å²) >= 11 is 0. The fourth-order valence-electron chi connectivity index (χ4n) is 4.25. The maximum absolute atomic E-state index is 11.8. The third-order valence-electron chi connectivity index (χ3n) is 5.90. The zero-order valence-corrected chi connectivity index (χ0v) is 18.7. The van der Waals surface area contributed by atoms with Crippen molar-refractivity contribution in [2.75, 3.05) is 13.2 Å². The van der Waals surface area contributed by atoms with Crippen LogP contribution < -0.4 is 4.74 Å². The van der Waals surface area contributed by atoms with E-state index in [1.165, 1.54) is 11.1 Å². The van der Waals surface area contributed by atoms with Crippen LogP contribution in [0.4, 0.5) is 0 Å². The SMILES string of the molecule is C=Cc1cccc(-c2nc(CCOc3ccc4c(c3)CC[C@H]4CC(=O)OCC)c(C)o2)c1. The van der Waals surface area contributed by atoms with Crippen LogP contribution >= 0.6 is 0 Å². The summed E-state index contributed by atoms with van der Waals surface area (Å²) < 4.78 is 17.0. The van der Waals surface area contributed by atoms with Crippen LogP contribution in [0.2, 0.25) is 0 Å². The van der Waals surface area contributed by atoms with Gasteiger partial charge in [-0.05, 0) is 73.6 Å². The van der Waals surface area contributed by atoms with Gasteiger partial charge in [-0.3, -0.25) is 4.79 Å². The number of fused-ring (bicyclic) bond motifs is 1. The second kappa shape index (κ2) is 9.86. The molecule has 1 aliphatic carbocycles. The van der Waals surface area contributed by atoms with Crippen molar-refractivity contribution in [3.05, 3.63) is 77.2 Å². The minimum atomic E-state index is -0.121. The lowest BCUT2D eigenvalue weighted by Gasteiger charge is -2.12. The lowest BCUT2D eigenvalue weighted by Crippen LogP contribution is -2.08. The maximum Gasteiger partial charge on any atom is 0.306 e. The number of hydrogen-bond acceptors (Lipinski definition) is 5. The highest BCUT2D eigenvalue weighted by Gasteiger charge is 2.25. The summed E-state index contributed by atoms with van der Waals surface area (Å²) in [6.07, 6.45) is 4.87. The first-order valence-electron chi connectivity index (χ1n) is 11.2. The van der Waals surface area contributed by atoms with Crippen LogP contribution in [0, 0.1) is 6.92 Å². The Hall–Kier alpha value is -3.34. The normalized spacial score (nSPS) is 14.8. The Labute approximate surface area is 189 Å². The molecule has 1 aliphatic rings. The molecule has 0 bridgehead atoms. The molecule has 0 N–H and O–H groups in total. The summed E-state index contributed by atoms with van der Waals surface area (Å²) in [5, 5.41) is 0. The third kappa shape index (κ3) is 4.93. The molecule has 5 nitrogen and oxygen atoms in total. The van der Waals surface area contributed by atoms with Crippen molar-refractivity contribution in [1.29, 1.82) is 0 Å². The van der Waals surface area contributed by atoms with Gasteiger partial charge in [-0.2, -0.15) is 0 Å². The summed E-state index contributed by atoms with van der Waals surface area (Å²) in [7, 11) is 0. The summed E-state index contributed by atoms with van der Waals surface area (Å²) in [6.45, 7) is 8.54. The molecule has 5 heteroatoms. The highest BCUT2D eigenvalue weighted by atomic mass is 16.5. The number of ether oxygens (including phenoxy) is 2. The number of aromatic nitrogens is 1. The van der Waals surface area contributed by atoms with Gasteiger partial charge in [0.1, 0.15) is 11.5 Å². The standard InChI is InChI=1S/C27H29NO4/c1-4-19-7-6-8-22(15-19)27-28-25(18(3)32-27)13-14-31-23-11-12-24-20(16-23)9-10-21(24)17-26(29)30-5-2/h4,6-8,11-12,15-16,21H,1,5,9-10,13-14,17H2,2-3H3/t21-/m0/s1. The van der Waals surface area contributed by atoms with Crippen LogP contribution in [0.3, 0.4) is 0 Å². The Bertz CT molecular complexity index is 1110. The smallest absolute Gasteiger partial charge is 0.306 e. The first kappa shape index (κ1) is 21.9. The molecule has 166 valence electrons. The van der Waals surface area contributed by atoms with Gasteiger partial charge in [-0.15, -0.1) is 0 Å². The zero-order valence-electron chi connectivity index (χ0n) is 18.7. The zero-order chi connectivity index (χ0) is 22.5. The number of hydrogen-bond donors (Lipinski definition) is 0. The number of oxazole rings is 1. The van der Waals surface area contributed by atoms with Crippen LogP contribution in [-0.2, 0) is 22.4 Å². The monoisotopic (exact) mass is 431 g/mol. The summed E-state index contributed by atoms with van der Waals surface area (Å²) in [6, 6.07) is 14.1. The highest BCUT2D eigenvalue weighted by Crippen LogP contribution is 2.37. The van der Waals surface area contributed by atoms with E-state index in [0.29, 0.717) is 31.9 Å². The minimum Gasteiger partial charge on any atom is -0.493 e. The van der Waals surface area contributed by atoms with Gasteiger partial charge in [-0.25, -0.2) is 4.98 Å². The van der Waals surface area contributed by atoms with E-state index in [-0.39, 0.29) is 11.9 Å². The van der Waals surface area contributed by atoms with E-state index in [2.05, 4.69) is 23.7 Å². The molecule has 2 aromatic carbocycles. The molecular formula is C27H29NO4. The van der Waals surface area contributed by atoms with Crippen molar-refractivity contribution in [1.82, 2.24) is 4.98 Å². The molecule has 1 atom stereocenters. The predicted molar refractivity (Wildman–Crippen MR) is 125 cm³/mol. The molecule has 4 rings (SSSR count). The molecule has 0 unspecified atom stereocenters. The molecule has 1 aromatic heterocycles. The molecular weight excluding hydrogens is 402 g/mol. The van der Waals surface area contributed by atoms with E-state index >= 15 is 0 Å². The van der Waals surface area contributed by atoms with Crippen LogP contribution in [0.25, 0.3) is 17.5 Å². The summed E-state index contributed by atoms with van der Waals surface area (Å²) in [4.78, 5) is 16.5. The molecule has 0 radical (unpaired) electrons. The fourth-order valence-corrected chi connectivity index (χ4v) is 4.25. The number of carbonyl (C=O) groups excluding carboxylic acids is 1. The van der Waals surface area contributed by atoms with E-state index in [1.54, 1.807) is 0 Å². The van der Waals surface area contributed by atoms with Gasteiger partial charge in [0.2, 0.25) is 5.89 Å².